The summed E-state index contributed by atoms with van der Waals surface area (Å²) in [7, 11) is 2.17. The van der Waals surface area contributed by atoms with Gasteiger partial charge in [-0.25, -0.2) is 0 Å². The van der Waals surface area contributed by atoms with Crippen LogP contribution < -0.4 is 11.1 Å². The fourth-order valence-electron chi connectivity index (χ4n) is 2.88. The second-order valence-electron chi connectivity index (χ2n) is 5.97. The van der Waals surface area contributed by atoms with Crippen LogP contribution in [0.3, 0.4) is 0 Å². The lowest BCUT2D eigenvalue weighted by Gasteiger charge is -2.35. The Morgan fingerprint density at radius 2 is 2.05 bits per heavy atom. The molecule has 0 bridgehead atoms. The van der Waals surface area contributed by atoms with Gasteiger partial charge in [-0.1, -0.05) is 6.92 Å². The second kappa shape index (κ2) is 7.22. The van der Waals surface area contributed by atoms with E-state index in [0.29, 0.717) is 6.04 Å². The van der Waals surface area contributed by atoms with Gasteiger partial charge in [-0.3, -0.25) is 9.69 Å². The lowest BCUT2D eigenvalue weighted by Crippen LogP contribution is -2.56. The van der Waals surface area contributed by atoms with Crippen molar-refractivity contribution >= 4 is 5.91 Å². The molecule has 1 aliphatic heterocycles. The fourth-order valence-corrected chi connectivity index (χ4v) is 2.88. The molecule has 5 nitrogen and oxygen atoms in total. The molecular formula is C14H30N4O. The molecule has 112 valence electrons. The maximum Gasteiger partial charge on any atom is 0.237 e. The molecule has 0 aliphatic carbocycles. The van der Waals surface area contributed by atoms with Crippen molar-refractivity contribution in [3.8, 4) is 0 Å². The molecule has 2 unspecified atom stereocenters. The number of nitrogens with one attached hydrogen (secondary N) is 1. The monoisotopic (exact) mass is 270 g/mol. The molecule has 0 aromatic carbocycles. The van der Waals surface area contributed by atoms with E-state index in [0.717, 1.165) is 39.1 Å². The summed E-state index contributed by atoms with van der Waals surface area (Å²) in [5, 5.41) is 3.24. The Balaban J connectivity index is 2.60. The van der Waals surface area contributed by atoms with Crippen LogP contribution >= 0.6 is 0 Å². The van der Waals surface area contributed by atoms with E-state index in [1.54, 1.807) is 0 Å². The van der Waals surface area contributed by atoms with Crippen molar-refractivity contribution in [2.24, 2.45) is 5.73 Å². The van der Waals surface area contributed by atoms with Crippen LogP contribution in [0.5, 0.6) is 0 Å². The minimum Gasteiger partial charge on any atom is -0.368 e. The molecule has 2 atom stereocenters. The third-order valence-corrected chi connectivity index (χ3v) is 4.19. The third-order valence-electron chi connectivity index (χ3n) is 4.19. The summed E-state index contributed by atoms with van der Waals surface area (Å²) in [6, 6.07) is 0.364. The summed E-state index contributed by atoms with van der Waals surface area (Å²) in [5.74, 6) is -0.256. The normalized spacial score (nSPS) is 23.6. The van der Waals surface area contributed by atoms with Crippen molar-refractivity contribution in [1.29, 1.82) is 0 Å². The molecule has 0 aromatic heterocycles. The number of likely N-dealkylation sites (N-methyl/N-ethyl adjacent to an activating group) is 2. The Kier molecular flexibility index (Phi) is 6.23. The van der Waals surface area contributed by atoms with Crippen LogP contribution in [0.15, 0.2) is 0 Å². The van der Waals surface area contributed by atoms with Crippen LogP contribution in [0.2, 0.25) is 0 Å². The van der Waals surface area contributed by atoms with E-state index in [2.05, 4.69) is 29.1 Å². The van der Waals surface area contributed by atoms with Gasteiger partial charge in [-0.15, -0.1) is 0 Å². The first-order chi connectivity index (χ1) is 8.89. The smallest absolute Gasteiger partial charge is 0.237 e. The number of nitrogens with two attached hydrogens (primary N) is 1. The first-order valence-electron chi connectivity index (χ1n) is 7.36. The molecule has 1 amide bonds. The Hall–Kier alpha value is -0.650. The molecule has 0 saturated carbocycles. The highest BCUT2D eigenvalue weighted by molar-refractivity contribution is 5.84. The van der Waals surface area contributed by atoms with E-state index in [4.69, 9.17) is 5.73 Å². The average molecular weight is 270 g/mol. The zero-order valence-corrected chi connectivity index (χ0v) is 12.9. The van der Waals surface area contributed by atoms with Gasteiger partial charge in [0.05, 0.1) is 5.54 Å². The highest BCUT2D eigenvalue weighted by Crippen LogP contribution is 2.17. The van der Waals surface area contributed by atoms with Gasteiger partial charge in [0.2, 0.25) is 5.91 Å². The molecule has 3 N–H and O–H groups in total. The molecule has 19 heavy (non-hydrogen) atoms. The maximum atomic E-state index is 11.7. The number of nitrogens with zero attached hydrogens (tertiary/aromatic N) is 2. The van der Waals surface area contributed by atoms with Crippen molar-refractivity contribution in [2.45, 2.75) is 45.2 Å². The van der Waals surface area contributed by atoms with E-state index in [9.17, 15) is 4.79 Å². The Morgan fingerprint density at radius 3 is 2.63 bits per heavy atom. The lowest BCUT2D eigenvalue weighted by atomic mass is 9.92. The second-order valence-corrected chi connectivity index (χ2v) is 5.97. The summed E-state index contributed by atoms with van der Waals surface area (Å²) < 4.78 is 0. The molecule has 0 radical (unpaired) electrons. The zero-order chi connectivity index (χ0) is 14.5. The molecular weight excluding hydrogens is 240 g/mol. The van der Waals surface area contributed by atoms with Crippen molar-refractivity contribution < 1.29 is 4.79 Å². The molecule has 1 saturated heterocycles. The summed E-state index contributed by atoms with van der Waals surface area (Å²) in [6.45, 7) is 11.3. The van der Waals surface area contributed by atoms with E-state index in [1.165, 1.54) is 6.42 Å². The lowest BCUT2D eigenvalue weighted by molar-refractivity contribution is -0.124. The number of amides is 1. The largest absolute Gasteiger partial charge is 0.368 e. The molecule has 1 aliphatic rings. The number of hydrogen-bond acceptors (Lipinski definition) is 4. The van der Waals surface area contributed by atoms with Crippen LogP contribution in [-0.2, 0) is 4.79 Å². The molecule has 5 heteroatoms. The van der Waals surface area contributed by atoms with Crippen LogP contribution in [0.1, 0.15) is 33.6 Å². The van der Waals surface area contributed by atoms with Gasteiger partial charge in [0.1, 0.15) is 0 Å². The molecule has 0 spiro atoms. The first-order valence-corrected chi connectivity index (χ1v) is 7.36. The molecule has 0 aromatic rings. The Bertz CT molecular complexity index is 297. The minimum atomic E-state index is -0.605. The predicted octanol–water partition coefficient (Wildman–Crippen LogP) is 0.256. The Morgan fingerprint density at radius 1 is 1.37 bits per heavy atom. The van der Waals surface area contributed by atoms with Crippen LogP contribution in [0, 0.1) is 0 Å². The molecule has 1 heterocycles. The minimum absolute atomic E-state index is 0.256. The van der Waals surface area contributed by atoms with Crippen LogP contribution in [-0.4, -0.2) is 67.1 Å². The number of primary amides is 1. The highest BCUT2D eigenvalue weighted by atomic mass is 16.1. The number of hydrogen-bond donors (Lipinski definition) is 2. The van der Waals surface area contributed by atoms with E-state index in [1.807, 2.05) is 13.8 Å². The summed E-state index contributed by atoms with van der Waals surface area (Å²) in [6.07, 6.45) is 1.95. The number of rotatable bonds is 6. The van der Waals surface area contributed by atoms with Gasteiger partial charge in [-0.2, -0.15) is 0 Å². The van der Waals surface area contributed by atoms with Gasteiger partial charge in [-0.05, 0) is 53.4 Å². The van der Waals surface area contributed by atoms with E-state index in [-0.39, 0.29) is 5.91 Å². The number of carbonyl (C=O) groups excluding carboxylic acids is 1. The summed E-state index contributed by atoms with van der Waals surface area (Å²) in [5.41, 5.74) is 4.95. The predicted molar refractivity (Wildman–Crippen MR) is 79.0 cm³/mol. The van der Waals surface area contributed by atoms with Crippen molar-refractivity contribution in [3.05, 3.63) is 0 Å². The van der Waals surface area contributed by atoms with E-state index >= 15 is 0 Å². The average Bonchev–Trinajstić information content (AvgIpc) is 2.54. The van der Waals surface area contributed by atoms with Crippen molar-refractivity contribution in [3.63, 3.8) is 0 Å². The van der Waals surface area contributed by atoms with Crippen LogP contribution in [0.4, 0.5) is 0 Å². The quantitative estimate of drug-likeness (QED) is 0.726. The third kappa shape index (κ3) is 4.75. The topological polar surface area (TPSA) is 61.6 Å². The molecule has 1 fully saturated rings. The summed E-state index contributed by atoms with van der Waals surface area (Å²) >= 11 is 0. The van der Waals surface area contributed by atoms with Crippen molar-refractivity contribution in [2.75, 3.05) is 39.8 Å². The zero-order valence-electron chi connectivity index (χ0n) is 12.9. The molecule has 1 rings (SSSR count). The SMILES string of the molecule is CCNC(C)(CC(C)N1CCCN(C)CC1)C(N)=O. The fraction of sp³-hybridized carbons (Fsp3) is 0.929. The maximum absolute atomic E-state index is 11.7. The van der Waals surface area contributed by atoms with Gasteiger partial charge >= 0.3 is 0 Å². The van der Waals surface area contributed by atoms with Gasteiger partial charge in [0.15, 0.2) is 0 Å². The Labute approximate surface area is 117 Å². The van der Waals surface area contributed by atoms with Gasteiger partial charge in [0.25, 0.3) is 0 Å². The highest BCUT2D eigenvalue weighted by Gasteiger charge is 2.33. The summed E-state index contributed by atoms with van der Waals surface area (Å²) in [4.78, 5) is 16.5. The number of carbonyl (C=O) groups is 1. The van der Waals surface area contributed by atoms with Crippen LogP contribution in [0.25, 0.3) is 0 Å². The van der Waals surface area contributed by atoms with Crippen molar-refractivity contribution in [1.82, 2.24) is 15.1 Å². The van der Waals surface area contributed by atoms with E-state index < -0.39 is 5.54 Å². The standard InChI is InChI=1S/C14H30N4O/c1-5-16-14(3,13(15)19)11-12(2)18-8-6-7-17(4)9-10-18/h12,16H,5-11H2,1-4H3,(H2,15,19). The van der Waals surface area contributed by atoms with Gasteiger partial charge < -0.3 is 16.0 Å². The van der Waals surface area contributed by atoms with Gasteiger partial charge in [0, 0.05) is 19.1 Å². The first kappa shape index (κ1) is 16.4.